The van der Waals surface area contributed by atoms with Gasteiger partial charge in [0.15, 0.2) is 0 Å². The molecule has 90 valence electrons. The first-order valence-electron chi connectivity index (χ1n) is 4.67. The first-order chi connectivity index (χ1) is 7.87. The summed E-state index contributed by atoms with van der Waals surface area (Å²) in [4.78, 5) is 4.07. The zero-order valence-corrected chi connectivity index (χ0v) is 10.3. The molecule has 0 aliphatic carbocycles. The molecule has 0 bridgehead atoms. The van der Waals surface area contributed by atoms with Crippen molar-refractivity contribution in [2.24, 2.45) is 0 Å². The van der Waals surface area contributed by atoms with E-state index in [9.17, 15) is 13.2 Å². The molecule has 0 saturated carbocycles. The first-order valence-corrected chi connectivity index (χ1v) is 5.47. The molecule has 0 amide bonds. The zero-order valence-electron chi connectivity index (χ0n) is 8.68. The summed E-state index contributed by atoms with van der Waals surface area (Å²) in [6.07, 6.45) is -3.10. The molecule has 17 heavy (non-hydrogen) atoms. The van der Waals surface area contributed by atoms with Crippen LogP contribution in [0.4, 0.5) is 13.2 Å². The Hall–Kier alpha value is -1.30. The molecule has 0 radical (unpaired) electrons. The van der Waals surface area contributed by atoms with Crippen LogP contribution < -0.4 is 4.74 Å². The average molecular weight is 306 g/mol. The van der Waals surface area contributed by atoms with Crippen molar-refractivity contribution >= 4 is 26.8 Å². The van der Waals surface area contributed by atoms with E-state index >= 15 is 0 Å². The molecule has 0 aliphatic rings. The zero-order chi connectivity index (χ0) is 12.6. The molecule has 2 nitrogen and oxygen atoms in total. The highest BCUT2D eigenvalue weighted by Gasteiger charge is 2.32. The average Bonchev–Trinajstić information content (AvgIpc) is 2.18. The number of pyridine rings is 1. The number of ether oxygens (including phenoxy) is 1. The van der Waals surface area contributed by atoms with E-state index in [1.807, 2.05) is 0 Å². The largest absolute Gasteiger partial charge is 0.573 e. The molecule has 1 heterocycles. The van der Waals surface area contributed by atoms with E-state index in [-0.39, 0.29) is 10.2 Å². The number of nitrogens with zero attached hydrogens (tertiary/aromatic N) is 1. The van der Waals surface area contributed by atoms with Crippen molar-refractivity contribution in [1.29, 1.82) is 0 Å². The Kier molecular flexibility index (Phi) is 2.99. The first kappa shape index (κ1) is 12.2. The molecular formula is C11H7BrF3NO. The minimum atomic E-state index is -4.70. The van der Waals surface area contributed by atoms with Gasteiger partial charge in [-0.1, -0.05) is 0 Å². The van der Waals surface area contributed by atoms with Crippen molar-refractivity contribution in [2.75, 3.05) is 0 Å². The van der Waals surface area contributed by atoms with Gasteiger partial charge in [-0.3, -0.25) is 4.98 Å². The summed E-state index contributed by atoms with van der Waals surface area (Å²) < 4.78 is 40.6. The highest BCUT2D eigenvalue weighted by atomic mass is 79.9. The number of hydrogen-bond donors (Lipinski definition) is 0. The summed E-state index contributed by atoms with van der Waals surface area (Å²) >= 11 is 3.03. The number of alkyl halides is 3. The van der Waals surface area contributed by atoms with E-state index in [1.54, 1.807) is 19.2 Å². The molecule has 1 aromatic heterocycles. The molecule has 2 aromatic rings. The number of fused-ring (bicyclic) bond motifs is 1. The van der Waals surface area contributed by atoms with Crippen LogP contribution in [0.1, 0.15) is 5.56 Å². The topological polar surface area (TPSA) is 22.1 Å². The maximum Gasteiger partial charge on any atom is 0.573 e. The van der Waals surface area contributed by atoms with Gasteiger partial charge in [-0.25, -0.2) is 0 Å². The normalized spacial score (nSPS) is 11.8. The fourth-order valence-corrected chi connectivity index (χ4v) is 1.90. The number of rotatable bonds is 1. The van der Waals surface area contributed by atoms with Crippen molar-refractivity contribution in [3.05, 3.63) is 34.4 Å². The van der Waals surface area contributed by atoms with Gasteiger partial charge in [0.1, 0.15) is 5.75 Å². The number of aryl methyl sites for hydroxylation is 1. The van der Waals surface area contributed by atoms with Gasteiger partial charge in [0.2, 0.25) is 0 Å². The SMILES string of the molecule is Cc1ccnc2cc(Br)c(OC(F)(F)F)cc12. The predicted molar refractivity (Wildman–Crippen MR) is 60.9 cm³/mol. The van der Waals surface area contributed by atoms with Crippen LogP contribution in [0.5, 0.6) is 5.75 Å². The van der Waals surface area contributed by atoms with E-state index in [0.717, 1.165) is 5.56 Å². The maximum atomic E-state index is 12.2. The van der Waals surface area contributed by atoms with E-state index in [0.29, 0.717) is 10.9 Å². The molecular weight excluding hydrogens is 299 g/mol. The maximum absolute atomic E-state index is 12.2. The molecule has 0 unspecified atom stereocenters. The molecule has 0 N–H and O–H groups in total. The lowest BCUT2D eigenvalue weighted by atomic mass is 10.1. The Balaban J connectivity index is 2.58. The highest BCUT2D eigenvalue weighted by Crippen LogP contribution is 2.34. The molecule has 0 spiro atoms. The van der Waals surface area contributed by atoms with Gasteiger partial charge in [-0.05, 0) is 46.6 Å². The number of benzene rings is 1. The number of aromatic nitrogens is 1. The van der Waals surface area contributed by atoms with Crippen LogP contribution in [0.3, 0.4) is 0 Å². The fraction of sp³-hybridized carbons (Fsp3) is 0.182. The second kappa shape index (κ2) is 4.18. The van der Waals surface area contributed by atoms with Crippen molar-refractivity contribution < 1.29 is 17.9 Å². The lowest BCUT2D eigenvalue weighted by Gasteiger charge is -2.12. The van der Waals surface area contributed by atoms with Crippen LogP contribution in [0.25, 0.3) is 10.9 Å². The molecule has 1 aromatic carbocycles. The predicted octanol–water partition coefficient (Wildman–Crippen LogP) is 4.20. The molecule has 0 atom stereocenters. The van der Waals surface area contributed by atoms with Crippen LogP contribution in [-0.4, -0.2) is 11.3 Å². The van der Waals surface area contributed by atoms with Crippen molar-refractivity contribution in [1.82, 2.24) is 4.98 Å². The van der Waals surface area contributed by atoms with Gasteiger partial charge < -0.3 is 4.74 Å². The van der Waals surface area contributed by atoms with Crippen molar-refractivity contribution in [2.45, 2.75) is 13.3 Å². The second-order valence-electron chi connectivity index (χ2n) is 3.48. The third kappa shape index (κ3) is 2.69. The van der Waals surface area contributed by atoms with E-state index < -0.39 is 6.36 Å². The third-order valence-electron chi connectivity index (χ3n) is 2.24. The summed E-state index contributed by atoms with van der Waals surface area (Å²) in [6, 6.07) is 4.56. The van der Waals surface area contributed by atoms with Crippen molar-refractivity contribution in [3.8, 4) is 5.75 Å². The molecule has 6 heteroatoms. The van der Waals surface area contributed by atoms with Crippen LogP contribution in [0.2, 0.25) is 0 Å². The van der Waals surface area contributed by atoms with Gasteiger partial charge >= 0.3 is 6.36 Å². The van der Waals surface area contributed by atoms with Crippen LogP contribution in [-0.2, 0) is 0 Å². The van der Waals surface area contributed by atoms with Gasteiger partial charge in [-0.15, -0.1) is 13.2 Å². The minimum absolute atomic E-state index is 0.223. The van der Waals surface area contributed by atoms with E-state index in [1.165, 1.54) is 12.1 Å². The summed E-state index contributed by atoms with van der Waals surface area (Å²) in [7, 11) is 0. The van der Waals surface area contributed by atoms with Crippen molar-refractivity contribution in [3.63, 3.8) is 0 Å². The molecule has 0 saturated heterocycles. The van der Waals surface area contributed by atoms with Gasteiger partial charge in [0, 0.05) is 11.6 Å². The highest BCUT2D eigenvalue weighted by molar-refractivity contribution is 9.10. The van der Waals surface area contributed by atoms with Crippen LogP contribution >= 0.6 is 15.9 Å². The molecule has 2 rings (SSSR count). The lowest BCUT2D eigenvalue weighted by Crippen LogP contribution is -2.17. The summed E-state index contributed by atoms with van der Waals surface area (Å²) in [5, 5.41) is 0.634. The monoisotopic (exact) mass is 305 g/mol. The van der Waals surface area contributed by atoms with Gasteiger partial charge in [0.25, 0.3) is 0 Å². The standard InChI is InChI=1S/C11H7BrF3NO/c1-6-2-3-16-9-5-8(12)10(4-7(6)9)17-11(13,14)15/h2-5H,1H3. The number of halogens is 4. The molecule has 0 fully saturated rings. The number of hydrogen-bond acceptors (Lipinski definition) is 2. The van der Waals surface area contributed by atoms with Gasteiger partial charge in [0.05, 0.1) is 9.99 Å². The van der Waals surface area contributed by atoms with Crippen LogP contribution in [0.15, 0.2) is 28.9 Å². The summed E-state index contributed by atoms with van der Waals surface area (Å²) in [5.41, 5.74) is 1.46. The lowest BCUT2D eigenvalue weighted by molar-refractivity contribution is -0.274. The second-order valence-corrected chi connectivity index (χ2v) is 4.33. The molecule has 0 aliphatic heterocycles. The van der Waals surface area contributed by atoms with E-state index in [4.69, 9.17) is 0 Å². The minimum Gasteiger partial charge on any atom is -0.405 e. The Morgan fingerprint density at radius 3 is 2.65 bits per heavy atom. The third-order valence-corrected chi connectivity index (χ3v) is 2.86. The van der Waals surface area contributed by atoms with Gasteiger partial charge in [-0.2, -0.15) is 0 Å². The Morgan fingerprint density at radius 2 is 2.00 bits per heavy atom. The quantitative estimate of drug-likeness (QED) is 0.787. The summed E-state index contributed by atoms with van der Waals surface area (Å²) in [6.45, 7) is 1.80. The van der Waals surface area contributed by atoms with E-state index in [2.05, 4.69) is 25.7 Å². The smallest absolute Gasteiger partial charge is 0.405 e. The summed E-state index contributed by atoms with van der Waals surface area (Å²) in [5.74, 6) is -0.263. The Morgan fingerprint density at radius 1 is 1.29 bits per heavy atom. The van der Waals surface area contributed by atoms with Crippen LogP contribution in [0, 0.1) is 6.92 Å². The Labute approximate surface area is 104 Å². The Bertz CT molecular complexity index is 568. The fourth-order valence-electron chi connectivity index (χ4n) is 1.49.